The van der Waals surface area contributed by atoms with Crippen LogP contribution in [0.3, 0.4) is 0 Å². The fourth-order valence-electron chi connectivity index (χ4n) is 6.03. The standard InChI is InChI=1S/C37H56N4O2/c1-34(2,3)25-38-16-15-29-20-28-12-11-27(19-31(28)43-29)21-36(7,8)24-37(9,10)32-23-41-22-30(13-14-33(41)40-32)42-18-17-39-26-35(4,5)6/h11-14,19-20,22-23,38-39H,15-18,21,24-26H2,1-10H3. The molecule has 0 amide bonds. The molecule has 0 spiro atoms. The van der Waals surface area contributed by atoms with Gasteiger partial charge in [0.05, 0.1) is 11.9 Å². The molecule has 0 aliphatic rings. The number of hydrogen-bond acceptors (Lipinski definition) is 5. The van der Waals surface area contributed by atoms with Crippen molar-refractivity contribution in [1.82, 2.24) is 20.0 Å². The van der Waals surface area contributed by atoms with E-state index in [1.165, 1.54) is 10.9 Å². The van der Waals surface area contributed by atoms with E-state index in [2.05, 4.69) is 121 Å². The third-order valence-corrected chi connectivity index (χ3v) is 7.76. The summed E-state index contributed by atoms with van der Waals surface area (Å²) in [7, 11) is 0. The molecule has 0 unspecified atom stereocenters. The zero-order valence-corrected chi connectivity index (χ0v) is 28.5. The molecular weight excluding hydrogens is 532 g/mol. The molecule has 6 heteroatoms. The van der Waals surface area contributed by atoms with Crippen LogP contribution in [-0.4, -0.2) is 42.2 Å². The van der Waals surface area contributed by atoms with Gasteiger partial charge in [0.1, 0.15) is 29.3 Å². The van der Waals surface area contributed by atoms with E-state index in [9.17, 15) is 0 Å². The number of rotatable bonds is 14. The highest BCUT2D eigenvalue weighted by molar-refractivity contribution is 5.78. The lowest BCUT2D eigenvalue weighted by atomic mass is 9.71. The first-order valence-electron chi connectivity index (χ1n) is 16.0. The predicted molar refractivity (Wildman–Crippen MR) is 180 cm³/mol. The van der Waals surface area contributed by atoms with Gasteiger partial charge in [0, 0.05) is 49.6 Å². The second kappa shape index (κ2) is 13.0. The van der Waals surface area contributed by atoms with Crippen LogP contribution in [0.4, 0.5) is 0 Å². The number of hydrogen-bond donors (Lipinski definition) is 2. The van der Waals surface area contributed by atoms with Gasteiger partial charge in [-0.3, -0.25) is 0 Å². The van der Waals surface area contributed by atoms with Crippen molar-refractivity contribution in [3.8, 4) is 5.75 Å². The summed E-state index contributed by atoms with van der Waals surface area (Å²) in [5, 5.41) is 8.20. The van der Waals surface area contributed by atoms with Crippen LogP contribution in [0.15, 0.2) is 53.2 Å². The predicted octanol–water partition coefficient (Wildman–Crippen LogP) is 8.21. The van der Waals surface area contributed by atoms with E-state index < -0.39 is 0 Å². The minimum Gasteiger partial charge on any atom is -0.491 e. The van der Waals surface area contributed by atoms with Crippen molar-refractivity contribution in [2.45, 2.75) is 93.9 Å². The minimum atomic E-state index is -0.0879. The summed E-state index contributed by atoms with van der Waals surface area (Å²) in [6, 6.07) is 13.0. The molecule has 1 aromatic carbocycles. The SMILES string of the molecule is CC(C)(C)CNCCOc1ccc2nc(C(C)(C)CC(C)(C)Cc3ccc4cc(CCNCC(C)(C)C)oc4c3)cn2c1. The number of imidazole rings is 1. The number of benzene rings is 1. The molecule has 0 atom stereocenters. The maximum Gasteiger partial charge on any atom is 0.137 e. The van der Waals surface area contributed by atoms with E-state index in [0.717, 1.165) is 73.9 Å². The van der Waals surface area contributed by atoms with Gasteiger partial charge in [-0.2, -0.15) is 0 Å². The van der Waals surface area contributed by atoms with E-state index in [4.69, 9.17) is 14.1 Å². The van der Waals surface area contributed by atoms with Gasteiger partial charge in [-0.25, -0.2) is 4.98 Å². The summed E-state index contributed by atoms with van der Waals surface area (Å²) in [5.74, 6) is 1.91. The van der Waals surface area contributed by atoms with Crippen molar-refractivity contribution < 1.29 is 9.15 Å². The number of pyridine rings is 1. The quantitative estimate of drug-likeness (QED) is 0.145. The molecular formula is C37H56N4O2. The van der Waals surface area contributed by atoms with E-state index >= 15 is 0 Å². The number of fused-ring (bicyclic) bond motifs is 2. The van der Waals surface area contributed by atoms with Crippen molar-refractivity contribution in [3.05, 3.63) is 65.8 Å². The van der Waals surface area contributed by atoms with Gasteiger partial charge in [-0.1, -0.05) is 81.4 Å². The Labute approximate surface area is 260 Å². The second-order valence-corrected chi connectivity index (χ2v) is 16.3. The van der Waals surface area contributed by atoms with Crippen molar-refractivity contribution in [1.29, 1.82) is 0 Å². The molecule has 3 aromatic heterocycles. The molecule has 0 saturated heterocycles. The van der Waals surface area contributed by atoms with Crippen LogP contribution in [0.1, 0.15) is 92.7 Å². The molecule has 4 rings (SSSR count). The summed E-state index contributed by atoms with van der Waals surface area (Å²) in [5.41, 5.74) is 4.91. The monoisotopic (exact) mass is 588 g/mol. The Bertz CT molecular complexity index is 1480. The van der Waals surface area contributed by atoms with Gasteiger partial charge < -0.3 is 24.2 Å². The molecule has 3 heterocycles. The Morgan fingerprint density at radius 1 is 0.814 bits per heavy atom. The number of aromatic nitrogens is 2. The molecule has 43 heavy (non-hydrogen) atoms. The largest absolute Gasteiger partial charge is 0.491 e. The van der Waals surface area contributed by atoms with Gasteiger partial charge in [0.2, 0.25) is 0 Å². The molecule has 0 saturated carbocycles. The smallest absolute Gasteiger partial charge is 0.137 e. The van der Waals surface area contributed by atoms with E-state index in [1.807, 2.05) is 12.3 Å². The Kier molecular flexibility index (Phi) is 10.0. The first-order chi connectivity index (χ1) is 20.0. The van der Waals surface area contributed by atoms with Gasteiger partial charge in [0.25, 0.3) is 0 Å². The molecule has 0 bridgehead atoms. The van der Waals surface area contributed by atoms with Crippen molar-refractivity contribution in [2.75, 3.05) is 32.8 Å². The van der Waals surface area contributed by atoms with Crippen molar-refractivity contribution >= 4 is 16.6 Å². The normalized spacial score (nSPS) is 13.3. The Hall–Kier alpha value is -2.83. The lowest BCUT2D eigenvalue weighted by molar-refractivity contribution is 0.252. The summed E-state index contributed by atoms with van der Waals surface area (Å²) in [6.07, 6.45) is 7.10. The molecule has 6 nitrogen and oxygen atoms in total. The molecule has 4 aromatic rings. The van der Waals surface area contributed by atoms with E-state index in [-0.39, 0.29) is 21.7 Å². The first kappa shape index (κ1) is 33.1. The third-order valence-electron chi connectivity index (χ3n) is 7.76. The molecule has 0 aliphatic heterocycles. The molecule has 0 radical (unpaired) electrons. The lowest BCUT2D eigenvalue weighted by Gasteiger charge is -2.34. The topological polar surface area (TPSA) is 63.7 Å². The Balaban J connectivity index is 1.35. The zero-order chi connectivity index (χ0) is 31.5. The van der Waals surface area contributed by atoms with Gasteiger partial charge in [-0.05, 0) is 58.9 Å². The lowest BCUT2D eigenvalue weighted by Crippen LogP contribution is -2.30. The van der Waals surface area contributed by atoms with Crippen molar-refractivity contribution in [2.24, 2.45) is 16.2 Å². The summed E-state index contributed by atoms with van der Waals surface area (Å²) in [6.45, 7) is 27.2. The highest BCUT2D eigenvalue weighted by Crippen LogP contribution is 2.39. The fraction of sp³-hybridized carbons (Fsp3) is 0.595. The minimum absolute atomic E-state index is 0.0770. The summed E-state index contributed by atoms with van der Waals surface area (Å²) in [4.78, 5) is 5.02. The van der Waals surface area contributed by atoms with Gasteiger partial charge >= 0.3 is 0 Å². The third kappa shape index (κ3) is 10.1. The van der Waals surface area contributed by atoms with Crippen LogP contribution in [0.25, 0.3) is 16.6 Å². The maximum atomic E-state index is 6.25. The van der Waals surface area contributed by atoms with Crippen LogP contribution in [-0.2, 0) is 18.3 Å². The van der Waals surface area contributed by atoms with E-state index in [0.29, 0.717) is 6.61 Å². The second-order valence-electron chi connectivity index (χ2n) is 16.3. The van der Waals surface area contributed by atoms with Crippen LogP contribution in [0.5, 0.6) is 5.75 Å². The average molecular weight is 589 g/mol. The van der Waals surface area contributed by atoms with Crippen LogP contribution >= 0.6 is 0 Å². The van der Waals surface area contributed by atoms with Gasteiger partial charge in [0.15, 0.2) is 0 Å². The molecule has 0 aliphatic carbocycles. The number of ether oxygens (including phenoxy) is 1. The van der Waals surface area contributed by atoms with Crippen LogP contribution in [0.2, 0.25) is 0 Å². The Morgan fingerprint density at radius 2 is 1.51 bits per heavy atom. The van der Waals surface area contributed by atoms with Crippen LogP contribution < -0.4 is 15.4 Å². The zero-order valence-electron chi connectivity index (χ0n) is 28.5. The maximum absolute atomic E-state index is 6.25. The summed E-state index contributed by atoms with van der Waals surface area (Å²) < 4.78 is 14.4. The van der Waals surface area contributed by atoms with Gasteiger partial charge in [-0.15, -0.1) is 0 Å². The fourth-order valence-corrected chi connectivity index (χ4v) is 6.03. The average Bonchev–Trinajstić information content (AvgIpc) is 3.48. The highest BCUT2D eigenvalue weighted by atomic mass is 16.5. The van der Waals surface area contributed by atoms with E-state index in [1.54, 1.807) is 0 Å². The first-order valence-corrected chi connectivity index (χ1v) is 16.0. The Morgan fingerprint density at radius 3 is 2.21 bits per heavy atom. The molecule has 0 fully saturated rings. The number of furan rings is 1. The highest BCUT2D eigenvalue weighted by Gasteiger charge is 2.32. The summed E-state index contributed by atoms with van der Waals surface area (Å²) >= 11 is 0. The van der Waals surface area contributed by atoms with Crippen LogP contribution in [0, 0.1) is 16.2 Å². The van der Waals surface area contributed by atoms with Crippen molar-refractivity contribution in [3.63, 3.8) is 0 Å². The molecule has 2 N–H and O–H groups in total. The number of nitrogens with zero attached hydrogens (tertiary/aromatic N) is 2. The number of nitrogens with one attached hydrogen (secondary N) is 2. The molecule has 236 valence electrons.